The van der Waals surface area contributed by atoms with Crippen LogP contribution in [0.4, 0.5) is 10.2 Å². The molecule has 1 saturated heterocycles. The number of benzene rings is 2. The number of anilines is 1. The zero-order chi connectivity index (χ0) is 32.8. The number of nitrogens with zero attached hydrogens (tertiary/aromatic N) is 4. The lowest BCUT2D eigenvalue weighted by atomic mass is 9.92. The van der Waals surface area contributed by atoms with Crippen LogP contribution in [0.15, 0.2) is 48.5 Å². The molecule has 6 bridgehead atoms. The average molecular weight is 631 g/mol. The van der Waals surface area contributed by atoms with Crippen molar-refractivity contribution in [3.05, 3.63) is 65.6 Å². The van der Waals surface area contributed by atoms with Crippen LogP contribution in [0.2, 0.25) is 0 Å². The maximum atomic E-state index is 14.6. The molecule has 1 N–H and O–H groups in total. The number of halogens is 1. The van der Waals surface area contributed by atoms with Crippen LogP contribution >= 0.6 is 0 Å². The van der Waals surface area contributed by atoms with Gasteiger partial charge in [0.25, 0.3) is 0 Å². The van der Waals surface area contributed by atoms with E-state index in [0.29, 0.717) is 59.4 Å². The minimum absolute atomic E-state index is 0.0893. The lowest BCUT2D eigenvalue weighted by Crippen LogP contribution is -2.46. The Balaban J connectivity index is 1.55. The van der Waals surface area contributed by atoms with Crippen LogP contribution in [0.3, 0.4) is 0 Å². The Bertz CT molecular complexity index is 1760. The second-order valence-corrected chi connectivity index (χ2v) is 13.8. The van der Waals surface area contributed by atoms with Gasteiger partial charge in [-0.05, 0) is 97.1 Å². The number of hydrogen-bond acceptors (Lipinski definition) is 7. The highest BCUT2D eigenvalue weighted by molar-refractivity contribution is 5.80. The first-order chi connectivity index (χ1) is 21.8. The number of carboxylic acid groups (broad SMARTS) is 1. The van der Waals surface area contributed by atoms with Crippen LogP contribution in [0, 0.1) is 12.7 Å². The molecule has 5 heterocycles. The van der Waals surface area contributed by atoms with Crippen LogP contribution in [0.5, 0.6) is 5.75 Å². The first-order valence-electron chi connectivity index (χ1n) is 16.1. The Morgan fingerprint density at radius 3 is 2.59 bits per heavy atom. The van der Waals surface area contributed by atoms with E-state index in [1.54, 1.807) is 10.6 Å². The number of piperidine rings is 1. The summed E-state index contributed by atoms with van der Waals surface area (Å²) in [6.45, 7) is 13.4. The van der Waals surface area contributed by atoms with Gasteiger partial charge in [-0.15, -0.1) is 0 Å². The molecule has 2 atom stereocenters. The Morgan fingerprint density at radius 2 is 1.87 bits per heavy atom. The number of fused-ring (bicyclic) bond motifs is 7. The van der Waals surface area contributed by atoms with Gasteiger partial charge in [-0.2, -0.15) is 9.61 Å². The lowest BCUT2D eigenvalue weighted by Gasteiger charge is -2.41. The normalized spacial score (nSPS) is 21.3. The maximum absolute atomic E-state index is 14.6. The number of carboxylic acids is 1. The number of hydrogen-bond donors (Lipinski definition) is 1. The minimum Gasteiger partial charge on any atom is -0.490 e. The molecule has 9 nitrogen and oxygen atoms in total. The molecule has 0 spiro atoms. The standard InChI is InChI=1S/C36H43FN4O5/c1-22-9-8-18-44-36(6)14-16-40(17-15-36)33-31(32(34(42)43)46-35(3,4)5)23(2)38-30-21-28(39-41(30)33)25-11-7-10-24(19-25)27-20-26(37)12-13-29(27)45-22/h7,10-13,19-22,32H,8-9,14-18H2,1-6H3,(H,42,43). The lowest BCUT2D eigenvalue weighted by molar-refractivity contribution is -0.160. The van der Waals surface area contributed by atoms with Gasteiger partial charge in [0.15, 0.2) is 11.8 Å². The molecule has 7 rings (SSSR count). The molecule has 2 aromatic heterocycles. The van der Waals surface area contributed by atoms with E-state index < -0.39 is 17.7 Å². The van der Waals surface area contributed by atoms with Crippen molar-refractivity contribution in [2.75, 3.05) is 24.6 Å². The molecular weight excluding hydrogens is 587 g/mol. The number of ether oxygens (including phenoxy) is 3. The summed E-state index contributed by atoms with van der Waals surface area (Å²) in [4.78, 5) is 19.8. The SMILES string of the molecule is Cc1nc2cc3nn2c(c1C(OC(C)(C)C)C(=O)O)N1CCC(C)(CC1)OCCCC(C)Oc1ccc(F)cc1-c1cccc-3c1. The molecule has 3 aliphatic heterocycles. The number of rotatable bonds is 3. The summed E-state index contributed by atoms with van der Waals surface area (Å²) >= 11 is 0. The Morgan fingerprint density at radius 1 is 1.13 bits per heavy atom. The van der Waals surface area contributed by atoms with E-state index in [2.05, 4.69) is 11.8 Å². The zero-order valence-electron chi connectivity index (χ0n) is 27.5. The summed E-state index contributed by atoms with van der Waals surface area (Å²) in [5, 5.41) is 15.5. The Kier molecular flexibility index (Phi) is 8.54. The third kappa shape index (κ3) is 6.59. The predicted molar refractivity (Wildman–Crippen MR) is 175 cm³/mol. The van der Waals surface area contributed by atoms with Gasteiger partial charge in [-0.25, -0.2) is 14.2 Å². The molecule has 0 radical (unpaired) electrons. The highest BCUT2D eigenvalue weighted by atomic mass is 19.1. The topological polar surface area (TPSA) is 98.4 Å². The van der Waals surface area contributed by atoms with Crippen molar-refractivity contribution in [1.29, 1.82) is 0 Å². The van der Waals surface area contributed by atoms with Gasteiger partial charge in [0.1, 0.15) is 17.4 Å². The zero-order valence-corrected chi connectivity index (χ0v) is 27.5. The van der Waals surface area contributed by atoms with E-state index in [1.165, 1.54) is 12.1 Å². The summed E-state index contributed by atoms with van der Waals surface area (Å²) in [5.74, 6) is -0.157. The van der Waals surface area contributed by atoms with Gasteiger partial charge >= 0.3 is 5.97 Å². The molecule has 1 fully saturated rings. The van der Waals surface area contributed by atoms with E-state index >= 15 is 0 Å². The molecule has 2 unspecified atom stereocenters. The number of aryl methyl sites for hydroxylation is 1. The minimum atomic E-state index is -1.25. The van der Waals surface area contributed by atoms with Crippen LogP contribution in [-0.4, -0.2) is 62.7 Å². The largest absolute Gasteiger partial charge is 0.490 e. The molecule has 244 valence electrons. The predicted octanol–water partition coefficient (Wildman–Crippen LogP) is 7.39. The van der Waals surface area contributed by atoms with Crippen molar-refractivity contribution < 1.29 is 28.5 Å². The Hall–Kier alpha value is -4.02. The van der Waals surface area contributed by atoms with Crippen LogP contribution < -0.4 is 9.64 Å². The fourth-order valence-corrected chi connectivity index (χ4v) is 6.43. The summed E-state index contributed by atoms with van der Waals surface area (Å²) in [5.41, 5.74) is 3.54. The molecule has 46 heavy (non-hydrogen) atoms. The van der Waals surface area contributed by atoms with Gasteiger partial charge in [0.05, 0.1) is 28.6 Å². The fourth-order valence-electron chi connectivity index (χ4n) is 6.43. The number of aromatic nitrogens is 3. The van der Waals surface area contributed by atoms with Crippen molar-refractivity contribution in [2.45, 2.75) is 90.6 Å². The molecular formula is C36H43FN4O5. The van der Waals surface area contributed by atoms with E-state index in [0.717, 1.165) is 36.8 Å². The summed E-state index contributed by atoms with van der Waals surface area (Å²) < 4.78 is 35.3. The van der Waals surface area contributed by atoms with Crippen molar-refractivity contribution in [3.8, 4) is 28.1 Å². The monoisotopic (exact) mass is 630 g/mol. The van der Waals surface area contributed by atoms with E-state index in [9.17, 15) is 14.3 Å². The molecule has 4 aromatic rings. The van der Waals surface area contributed by atoms with Gasteiger partial charge in [-0.3, -0.25) is 0 Å². The van der Waals surface area contributed by atoms with Crippen LogP contribution in [0.25, 0.3) is 28.0 Å². The van der Waals surface area contributed by atoms with E-state index in [1.807, 2.05) is 65.0 Å². The summed E-state index contributed by atoms with van der Waals surface area (Å²) in [7, 11) is 0. The molecule has 2 aromatic carbocycles. The number of aliphatic carboxylic acids is 1. The van der Waals surface area contributed by atoms with E-state index in [4.69, 9.17) is 24.3 Å². The highest BCUT2D eigenvalue weighted by Crippen LogP contribution is 2.39. The first-order valence-corrected chi connectivity index (χ1v) is 16.1. The second-order valence-electron chi connectivity index (χ2n) is 13.8. The Labute approximate surface area is 269 Å². The fraction of sp³-hybridized carbons (Fsp3) is 0.472. The van der Waals surface area contributed by atoms with Crippen LogP contribution in [-0.2, 0) is 14.3 Å². The second kappa shape index (κ2) is 12.3. The summed E-state index contributed by atoms with van der Waals surface area (Å²) in [6.07, 6.45) is 1.79. The quantitative estimate of drug-likeness (QED) is 0.250. The van der Waals surface area contributed by atoms with Gasteiger partial charge < -0.3 is 24.2 Å². The number of carbonyl (C=O) groups is 1. The highest BCUT2D eigenvalue weighted by Gasteiger charge is 2.38. The van der Waals surface area contributed by atoms with Crippen molar-refractivity contribution in [1.82, 2.24) is 14.6 Å². The summed E-state index contributed by atoms with van der Waals surface area (Å²) in [6, 6.07) is 14.3. The van der Waals surface area contributed by atoms with Gasteiger partial charge in [0.2, 0.25) is 0 Å². The van der Waals surface area contributed by atoms with Crippen molar-refractivity contribution in [3.63, 3.8) is 0 Å². The van der Waals surface area contributed by atoms with Gasteiger partial charge in [0, 0.05) is 42.6 Å². The first kappa shape index (κ1) is 31.9. The molecule has 0 aliphatic carbocycles. The maximum Gasteiger partial charge on any atom is 0.337 e. The van der Waals surface area contributed by atoms with Crippen molar-refractivity contribution in [2.24, 2.45) is 0 Å². The van der Waals surface area contributed by atoms with E-state index in [-0.39, 0.29) is 17.5 Å². The third-order valence-corrected chi connectivity index (χ3v) is 8.83. The smallest absolute Gasteiger partial charge is 0.337 e. The molecule has 0 saturated carbocycles. The third-order valence-electron chi connectivity index (χ3n) is 8.83. The van der Waals surface area contributed by atoms with Crippen LogP contribution in [0.1, 0.15) is 77.7 Å². The average Bonchev–Trinajstić information content (AvgIpc) is 3.42. The van der Waals surface area contributed by atoms with Gasteiger partial charge in [-0.1, -0.05) is 18.2 Å². The molecule has 0 amide bonds. The molecule has 3 aliphatic rings. The molecule has 10 heteroatoms. The van der Waals surface area contributed by atoms with Crippen molar-refractivity contribution >= 4 is 17.4 Å².